The minimum Gasteiger partial charge on any atom is -0.497 e. The van der Waals surface area contributed by atoms with Gasteiger partial charge < -0.3 is 10.1 Å². The van der Waals surface area contributed by atoms with Gasteiger partial charge in [-0.15, -0.1) is 0 Å². The van der Waals surface area contributed by atoms with Crippen molar-refractivity contribution in [3.8, 4) is 11.4 Å². The van der Waals surface area contributed by atoms with Gasteiger partial charge in [-0.05, 0) is 64.9 Å². The Bertz CT molecular complexity index is 1010. The van der Waals surface area contributed by atoms with Crippen molar-refractivity contribution in [2.75, 3.05) is 18.2 Å². The number of anilines is 1. The van der Waals surface area contributed by atoms with Crippen LogP contribution in [0.15, 0.2) is 56.8 Å². The topological polar surface area (TPSA) is 88.2 Å². The number of amides is 1. The molecule has 0 aliphatic carbocycles. The molecule has 0 aliphatic rings. The Labute approximate surface area is 160 Å². The zero-order chi connectivity index (χ0) is 19.4. The predicted molar refractivity (Wildman–Crippen MR) is 103 cm³/mol. The predicted octanol–water partition coefficient (Wildman–Crippen LogP) is 2.60. The maximum absolute atomic E-state index is 12.3. The molecular formula is C19H20N3O4S+. The summed E-state index contributed by atoms with van der Waals surface area (Å²) in [7, 11) is 1.58. The number of nitrogens with one attached hydrogen (secondary N) is 2. The van der Waals surface area contributed by atoms with E-state index in [9.17, 15) is 9.59 Å². The van der Waals surface area contributed by atoms with Gasteiger partial charge >= 0.3 is 10.7 Å². The van der Waals surface area contributed by atoms with Crippen molar-refractivity contribution in [3.63, 3.8) is 0 Å². The van der Waals surface area contributed by atoms with E-state index in [1.165, 1.54) is 4.68 Å². The van der Waals surface area contributed by atoms with E-state index in [2.05, 4.69) is 10.6 Å². The van der Waals surface area contributed by atoms with Crippen LogP contribution in [0.4, 0.5) is 5.69 Å². The summed E-state index contributed by atoms with van der Waals surface area (Å²) >= 11 is 1.10. The van der Waals surface area contributed by atoms with Crippen LogP contribution < -0.4 is 20.4 Å². The van der Waals surface area contributed by atoms with Crippen molar-refractivity contribution in [1.29, 1.82) is 0 Å². The number of aromatic nitrogens is 2. The van der Waals surface area contributed by atoms with E-state index >= 15 is 0 Å². The van der Waals surface area contributed by atoms with Gasteiger partial charge in [0.15, 0.2) is 0 Å². The van der Waals surface area contributed by atoms with E-state index < -0.39 is 5.63 Å². The molecule has 0 saturated heterocycles. The molecule has 0 spiro atoms. The molecule has 0 atom stereocenters. The molecule has 0 saturated carbocycles. The Morgan fingerprint density at radius 1 is 1.22 bits per heavy atom. The SMILES string of the molecule is COc1ccc(-[n+]2[nH]oc(=O)c2SCC(=O)Nc2cc(C)ccc2C)cc1. The van der Waals surface area contributed by atoms with Gasteiger partial charge in [0.05, 0.1) is 12.9 Å². The number of hydrogen-bond donors (Lipinski definition) is 2. The first-order valence-corrected chi connectivity index (χ1v) is 9.24. The summed E-state index contributed by atoms with van der Waals surface area (Å²) in [4.78, 5) is 24.3. The highest BCUT2D eigenvalue weighted by atomic mass is 32.2. The molecule has 140 valence electrons. The van der Waals surface area contributed by atoms with Crippen LogP contribution in [0.5, 0.6) is 5.75 Å². The summed E-state index contributed by atoms with van der Waals surface area (Å²) in [5.41, 5.74) is 2.97. The van der Waals surface area contributed by atoms with Crippen LogP contribution in [0.2, 0.25) is 0 Å². The van der Waals surface area contributed by atoms with E-state index in [4.69, 9.17) is 9.26 Å². The van der Waals surface area contributed by atoms with Crippen LogP contribution in [0.25, 0.3) is 5.69 Å². The highest BCUT2D eigenvalue weighted by Gasteiger charge is 2.25. The molecule has 3 aromatic rings. The number of hydrogen-bond acceptors (Lipinski definition) is 5. The highest BCUT2D eigenvalue weighted by molar-refractivity contribution is 7.99. The van der Waals surface area contributed by atoms with Crippen LogP contribution in [0.1, 0.15) is 11.1 Å². The third-order valence-corrected chi connectivity index (χ3v) is 4.97. The Morgan fingerprint density at radius 2 is 1.96 bits per heavy atom. The molecule has 0 fully saturated rings. The molecule has 8 heteroatoms. The lowest BCUT2D eigenvalue weighted by Crippen LogP contribution is -2.36. The smallest absolute Gasteiger partial charge is 0.442 e. The second kappa shape index (κ2) is 8.13. The number of thioether (sulfide) groups is 1. The molecule has 1 heterocycles. The normalized spacial score (nSPS) is 10.6. The Morgan fingerprint density at radius 3 is 2.67 bits per heavy atom. The van der Waals surface area contributed by atoms with E-state index in [-0.39, 0.29) is 16.7 Å². The third kappa shape index (κ3) is 4.40. The van der Waals surface area contributed by atoms with Gasteiger partial charge in [0.1, 0.15) is 5.75 Å². The number of aromatic amines is 1. The molecule has 1 aromatic heterocycles. The Hall–Kier alpha value is -3.00. The lowest BCUT2D eigenvalue weighted by molar-refractivity contribution is -0.704. The van der Waals surface area contributed by atoms with E-state index in [0.717, 1.165) is 28.6 Å². The average Bonchev–Trinajstić information content (AvgIpc) is 3.03. The molecule has 2 aromatic carbocycles. The molecule has 7 nitrogen and oxygen atoms in total. The monoisotopic (exact) mass is 386 g/mol. The number of nitrogens with zero attached hydrogens (tertiary/aromatic N) is 1. The van der Waals surface area contributed by atoms with Gasteiger partial charge in [0.2, 0.25) is 11.6 Å². The number of ether oxygens (including phenoxy) is 1. The van der Waals surface area contributed by atoms with Crippen LogP contribution >= 0.6 is 11.8 Å². The van der Waals surface area contributed by atoms with E-state index in [0.29, 0.717) is 11.4 Å². The van der Waals surface area contributed by atoms with Crippen LogP contribution in [-0.2, 0) is 4.79 Å². The Balaban J connectivity index is 1.72. The van der Waals surface area contributed by atoms with Gasteiger partial charge in [-0.1, -0.05) is 12.1 Å². The molecule has 3 rings (SSSR count). The maximum Gasteiger partial charge on any atom is 0.442 e. The number of aryl methyl sites for hydroxylation is 2. The summed E-state index contributed by atoms with van der Waals surface area (Å²) in [6, 6.07) is 13.0. The first-order valence-electron chi connectivity index (χ1n) is 8.26. The fraction of sp³-hybridized carbons (Fsp3) is 0.211. The standard InChI is InChI=1S/C19H19N3O4S/c1-12-4-5-13(2)16(10-12)20-17(23)11-27-18-19(24)26-21-22(18)14-6-8-15(25-3)9-7-14/h4-10H,11H2,1-3H3,(H-,20,21,23,24)/p+1. The molecular weight excluding hydrogens is 366 g/mol. The van der Waals surface area contributed by atoms with Gasteiger partial charge in [0.25, 0.3) is 0 Å². The van der Waals surface area contributed by atoms with Crippen molar-refractivity contribution in [3.05, 3.63) is 64.0 Å². The van der Waals surface area contributed by atoms with E-state index in [1.54, 1.807) is 31.4 Å². The second-order valence-corrected chi connectivity index (χ2v) is 6.94. The lowest BCUT2D eigenvalue weighted by Gasteiger charge is -2.08. The molecule has 0 unspecified atom stereocenters. The molecule has 0 bridgehead atoms. The molecule has 1 amide bonds. The number of methoxy groups -OCH3 is 1. The van der Waals surface area contributed by atoms with Gasteiger partial charge in [-0.2, -0.15) is 0 Å². The van der Waals surface area contributed by atoms with Crippen molar-refractivity contribution < 1.29 is 18.7 Å². The zero-order valence-electron chi connectivity index (χ0n) is 15.2. The number of benzene rings is 2. The fourth-order valence-corrected chi connectivity index (χ4v) is 3.25. The maximum atomic E-state index is 12.3. The van der Waals surface area contributed by atoms with Gasteiger partial charge in [-0.25, -0.2) is 4.79 Å². The van der Waals surface area contributed by atoms with Gasteiger partial charge in [0, 0.05) is 17.8 Å². The number of carbonyl (C=O) groups excluding carboxylic acids is 1. The summed E-state index contributed by atoms with van der Waals surface area (Å²) in [6.07, 6.45) is 0. The van der Waals surface area contributed by atoms with Crippen molar-refractivity contribution in [2.24, 2.45) is 0 Å². The second-order valence-electron chi connectivity index (χ2n) is 5.97. The van der Waals surface area contributed by atoms with E-state index in [1.807, 2.05) is 32.0 Å². The Kier molecular flexibility index (Phi) is 5.66. The number of H-pyrrole nitrogens is 1. The summed E-state index contributed by atoms with van der Waals surface area (Å²) < 4.78 is 11.5. The minimum absolute atomic E-state index is 0.0755. The van der Waals surface area contributed by atoms with Crippen molar-refractivity contribution >= 4 is 23.4 Å². The first-order chi connectivity index (χ1) is 13.0. The summed E-state index contributed by atoms with van der Waals surface area (Å²) in [5.74, 6) is 0.578. The largest absolute Gasteiger partial charge is 0.497 e. The van der Waals surface area contributed by atoms with Crippen LogP contribution in [0, 0.1) is 13.8 Å². The lowest BCUT2D eigenvalue weighted by atomic mass is 10.1. The van der Waals surface area contributed by atoms with Crippen LogP contribution in [-0.4, -0.2) is 24.0 Å². The van der Waals surface area contributed by atoms with Crippen molar-refractivity contribution in [1.82, 2.24) is 5.27 Å². The quantitative estimate of drug-likeness (QED) is 0.502. The van der Waals surface area contributed by atoms with Crippen LogP contribution in [0.3, 0.4) is 0 Å². The van der Waals surface area contributed by atoms with Gasteiger partial charge in [-0.3, -0.25) is 9.32 Å². The molecule has 0 radical (unpaired) electrons. The number of rotatable bonds is 6. The van der Waals surface area contributed by atoms with Crippen molar-refractivity contribution in [2.45, 2.75) is 18.9 Å². The number of carbonyl (C=O) groups is 1. The zero-order valence-corrected chi connectivity index (χ0v) is 16.1. The summed E-state index contributed by atoms with van der Waals surface area (Å²) in [5, 5.41) is 5.72. The first kappa shape index (κ1) is 18.8. The fourth-order valence-electron chi connectivity index (χ4n) is 2.48. The minimum atomic E-state index is -0.532. The average molecular weight is 386 g/mol. The molecule has 2 N–H and O–H groups in total. The third-order valence-electron chi connectivity index (χ3n) is 3.95. The molecule has 0 aliphatic heterocycles. The highest BCUT2D eigenvalue weighted by Crippen LogP contribution is 2.18. The summed E-state index contributed by atoms with van der Waals surface area (Å²) in [6.45, 7) is 3.90. The molecule has 27 heavy (non-hydrogen) atoms.